The summed E-state index contributed by atoms with van der Waals surface area (Å²) in [5.74, 6) is 0.704. The molecule has 0 spiro atoms. The van der Waals surface area contributed by atoms with Crippen LogP contribution in [0.4, 0.5) is 11.4 Å². The number of aromatic amines is 1. The number of benzene rings is 2. The summed E-state index contributed by atoms with van der Waals surface area (Å²) >= 11 is 0. The van der Waals surface area contributed by atoms with Crippen molar-refractivity contribution in [1.29, 1.82) is 0 Å². The molecule has 0 saturated carbocycles. The molecule has 0 aliphatic carbocycles. The van der Waals surface area contributed by atoms with Gasteiger partial charge in [0.25, 0.3) is 5.91 Å². The fraction of sp³-hybridized carbons (Fsp3) is 0.238. The minimum Gasteiger partial charge on any atom is -0.497 e. The molecule has 0 aliphatic rings. The molecule has 6 nitrogen and oxygen atoms in total. The highest BCUT2D eigenvalue weighted by Gasteiger charge is 2.11. The van der Waals surface area contributed by atoms with Crippen molar-refractivity contribution in [2.75, 3.05) is 19.0 Å². The molecule has 1 heterocycles. The van der Waals surface area contributed by atoms with E-state index in [9.17, 15) is 4.79 Å². The van der Waals surface area contributed by atoms with Crippen molar-refractivity contribution in [2.24, 2.45) is 0 Å². The number of ether oxygens (including phenoxy) is 1. The zero-order valence-electron chi connectivity index (χ0n) is 15.6. The predicted molar refractivity (Wildman–Crippen MR) is 107 cm³/mol. The number of anilines is 2. The Kier molecular flexibility index (Phi) is 6.10. The monoisotopic (exact) mass is 364 g/mol. The van der Waals surface area contributed by atoms with Gasteiger partial charge in [-0.05, 0) is 61.7 Å². The van der Waals surface area contributed by atoms with Crippen molar-refractivity contribution in [3.05, 3.63) is 71.5 Å². The van der Waals surface area contributed by atoms with Gasteiger partial charge < -0.3 is 15.4 Å². The van der Waals surface area contributed by atoms with Gasteiger partial charge in [0.2, 0.25) is 0 Å². The molecule has 0 saturated heterocycles. The Balaban J connectivity index is 1.58. The topological polar surface area (TPSA) is 79.0 Å². The van der Waals surface area contributed by atoms with Crippen LogP contribution < -0.4 is 15.4 Å². The Bertz CT molecular complexity index is 887. The second-order valence-electron chi connectivity index (χ2n) is 6.28. The van der Waals surface area contributed by atoms with Crippen LogP contribution >= 0.6 is 0 Å². The van der Waals surface area contributed by atoms with Crippen molar-refractivity contribution in [2.45, 2.75) is 19.8 Å². The van der Waals surface area contributed by atoms with Crippen molar-refractivity contribution in [3.8, 4) is 5.75 Å². The highest BCUT2D eigenvalue weighted by Crippen LogP contribution is 2.23. The number of hydrogen-bond acceptors (Lipinski definition) is 4. The van der Waals surface area contributed by atoms with Crippen LogP contribution in [0, 0.1) is 6.92 Å². The number of carbonyl (C=O) groups is 1. The summed E-state index contributed by atoms with van der Waals surface area (Å²) in [6.07, 6.45) is 3.58. The van der Waals surface area contributed by atoms with E-state index < -0.39 is 0 Å². The molecule has 2 aromatic carbocycles. The number of amides is 1. The summed E-state index contributed by atoms with van der Waals surface area (Å²) in [6.45, 7) is 2.61. The first-order valence-electron chi connectivity index (χ1n) is 8.94. The van der Waals surface area contributed by atoms with E-state index in [1.54, 1.807) is 7.11 Å². The number of nitrogens with zero attached hydrogens (tertiary/aromatic N) is 1. The van der Waals surface area contributed by atoms with E-state index in [4.69, 9.17) is 4.74 Å². The van der Waals surface area contributed by atoms with Crippen LogP contribution in [-0.2, 0) is 6.42 Å². The van der Waals surface area contributed by atoms with E-state index in [0.29, 0.717) is 12.1 Å². The summed E-state index contributed by atoms with van der Waals surface area (Å²) in [5, 5.41) is 13.2. The number of H-pyrrole nitrogens is 1. The van der Waals surface area contributed by atoms with Crippen LogP contribution in [0.25, 0.3) is 0 Å². The number of aryl methyl sites for hydroxylation is 2. The van der Waals surface area contributed by atoms with Crippen molar-refractivity contribution >= 4 is 17.3 Å². The number of methoxy groups -OCH3 is 1. The van der Waals surface area contributed by atoms with Crippen LogP contribution in [0.1, 0.15) is 28.0 Å². The molecular formula is C21H24N4O2. The average Bonchev–Trinajstić information content (AvgIpc) is 3.11. The van der Waals surface area contributed by atoms with E-state index in [1.807, 2.05) is 61.7 Å². The Labute approximate surface area is 159 Å². The van der Waals surface area contributed by atoms with Gasteiger partial charge in [-0.2, -0.15) is 5.10 Å². The molecule has 0 unspecified atom stereocenters. The minimum absolute atomic E-state index is 0.0875. The van der Waals surface area contributed by atoms with Gasteiger partial charge >= 0.3 is 0 Å². The van der Waals surface area contributed by atoms with Crippen molar-refractivity contribution in [3.63, 3.8) is 0 Å². The third-order valence-corrected chi connectivity index (χ3v) is 4.38. The summed E-state index contributed by atoms with van der Waals surface area (Å²) in [4.78, 5) is 12.6. The molecule has 1 aromatic heterocycles. The number of para-hydroxylation sites is 1. The highest BCUT2D eigenvalue weighted by atomic mass is 16.5. The number of rotatable bonds is 8. The summed E-state index contributed by atoms with van der Waals surface area (Å²) in [6, 6.07) is 15.1. The molecule has 3 rings (SSSR count). The second kappa shape index (κ2) is 8.89. The van der Waals surface area contributed by atoms with E-state index in [0.717, 1.165) is 35.7 Å². The number of carbonyl (C=O) groups excluding carboxylic acids is 1. The molecule has 1 amide bonds. The fourth-order valence-corrected chi connectivity index (χ4v) is 2.82. The van der Waals surface area contributed by atoms with Gasteiger partial charge in [-0.25, -0.2) is 0 Å². The zero-order chi connectivity index (χ0) is 19.1. The molecule has 0 radical (unpaired) electrons. The van der Waals surface area contributed by atoms with Crippen LogP contribution in [0.5, 0.6) is 5.75 Å². The maximum atomic E-state index is 12.6. The first-order valence-corrected chi connectivity index (χ1v) is 8.94. The molecule has 6 heteroatoms. The average molecular weight is 364 g/mol. The lowest BCUT2D eigenvalue weighted by atomic mass is 10.1. The molecule has 3 aromatic rings. The number of hydrogen-bond donors (Lipinski definition) is 3. The van der Waals surface area contributed by atoms with E-state index in [2.05, 4.69) is 20.8 Å². The Morgan fingerprint density at radius 1 is 1.15 bits per heavy atom. The van der Waals surface area contributed by atoms with E-state index >= 15 is 0 Å². The zero-order valence-corrected chi connectivity index (χ0v) is 15.6. The van der Waals surface area contributed by atoms with Crippen LogP contribution in [0.15, 0.2) is 54.7 Å². The SMILES string of the molecule is COc1ccc(Nc2ccccc2C(=O)NCCCc2cn[nH]c2C)cc1. The molecule has 3 N–H and O–H groups in total. The van der Waals surface area contributed by atoms with Crippen molar-refractivity contribution in [1.82, 2.24) is 15.5 Å². The van der Waals surface area contributed by atoms with Gasteiger partial charge in [0.15, 0.2) is 0 Å². The molecule has 0 atom stereocenters. The normalized spacial score (nSPS) is 10.4. The lowest BCUT2D eigenvalue weighted by Crippen LogP contribution is -2.25. The predicted octanol–water partition coefficient (Wildman–Crippen LogP) is 3.83. The van der Waals surface area contributed by atoms with Gasteiger partial charge in [0.05, 0.1) is 24.6 Å². The van der Waals surface area contributed by atoms with Crippen molar-refractivity contribution < 1.29 is 9.53 Å². The summed E-state index contributed by atoms with van der Waals surface area (Å²) < 4.78 is 5.17. The van der Waals surface area contributed by atoms with Crippen LogP contribution in [-0.4, -0.2) is 29.8 Å². The number of aromatic nitrogens is 2. The maximum Gasteiger partial charge on any atom is 0.253 e. The Morgan fingerprint density at radius 3 is 2.63 bits per heavy atom. The van der Waals surface area contributed by atoms with Gasteiger partial charge in [-0.15, -0.1) is 0 Å². The minimum atomic E-state index is -0.0875. The van der Waals surface area contributed by atoms with Crippen LogP contribution in [0.2, 0.25) is 0 Å². The summed E-state index contributed by atoms with van der Waals surface area (Å²) in [5.41, 5.74) is 4.55. The largest absolute Gasteiger partial charge is 0.497 e. The molecular weight excluding hydrogens is 340 g/mol. The van der Waals surface area contributed by atoms with Gasteiger partial charge in [-0.3, -0.25) is 9.89 Å². The molecule has 27 heavy (non-hydrogen) atoms. The molecule has 0 fully saturated rings. The Morgan fingerprint density at radius 2 is 1.93 bits per heavy atom. The third-order valence-electron chi connectivity index (χ3n) is 4.38. The molecule has 0 bridgehead atoms. The third kappa shape index (κ3) is 4.88. The van der Waals surface area contributed by atoms with E-state index in [1.165, 1.54) is 5.56 Å². The fourth-order valence-electron chi connectivity index (χ4n) is 2.82. The lowest BCUT2D eigenvalue weighted by Gasteiger charge is -2.12. The van der Waals surface area contributed by atoms with Gasteiger partial charge in [0, 0.05) is 17.9 Å². The Hall–Kier alpha value is -3.28. The lowest BCUT2D eigenvalue weighted by molar-refractivity contribution is 0.0954. The maximum absolute atomic E-state index is 12.6. The molecule has 140 valence electrons. The standard InChI is InChI=1S/C21H24N4O2/c1-15-16(14-23-25-15)6-5-13-22-21(26)19-7-3-4-8-20(19)24-17-9-11-18(27-2)12-10-17/h3-4,7-12,14,24H,5-6,13H2,1-2H3,(H,22,26)(H,23,25). The van der Waals surface area contributed by atoms with Crippen LogP contribution in [0.3, 0.4) is 0 Å². The second-order valence-corrected chi connectivity index (χ2v) is 6.28. The highest BCUT2D eigenvalue weighted by molar-refractivity contribution is 6.00. The first-order chi connectivity index (χ1) is 13.2. The van der Waals surface area contributed by atoms with E-state index in [-0.39, 0.29) is 5.91 Å². The quantitative estimate of drug-likeness (QED) is 0.531. The first kappa shape index (κ1) is 18.5. The van der Waals surface area contributed by atoms with Gasteiger partial charge in [-0.1, -0.05) is 12.1 Å². The smallest absolute Gasteiger partial charge is 0.253 e. The van der Waals surface area contributed by atoms with Gasteiger partial charge in [0.1, 0.15) is 5.75 Å². The number of nitrogens with one attached hydrogen (secondary N) is 3. The summed E-state index contributed by atoms with van der Waals surface area (Å²) in [7, 11) is 1.63. The molecule has 0 aliphatic heterocycles.